The molecule has 1 heterocycles. The van der Waals surface area contributed by atoms with Crippen molar-refractivity contribution in [3.05, 3.63) is 65.8 Å². The van der Waals surface area contributed by atoms with Gasteiger partial charge in [0.25, 0.3) is 0 Å². The highest BCUT2D eigenvalue weighted by atomic mass is 15.0. The minimum Gasteiger partial charge on any atom is -0.393 e. The van der Waals surface area contributed by atoms with Crippen LogP contribution in [0.4, 0.5) is 0 Å². The Hall–Kier alpha value is -2.22. The molecule has 0 saturated carbocycles. The SMILES string of the molecule is C=C/C=c1\c(=C/NC)ccn1-c1ccccc1. The largest absolute Gasteiger partial charge is 0.393 e. The molecule has 2 aromatic rings. The lowest BCUT2D eigenvalue weighted by molar-refractivity contribution is 1.03. The fraction of sp³-hybridized carbons (Fsp3) is 0.0667. The van der Waals surface area contributed by atoms with Crippen molar-refractivity contribution in [2.24, 2.45) is 0 Å². The monoisotopic (exact) mass is 224 g/mol. The van der Waals surface area contributed by atoms with Crippen molar-refractivity contribution in [1.29, 1.82) is 0 Å². The van der Waals surface area contributed by atoms with Gasteiger partial charge in [0.2, 0.25) is 0 Å². The molecular formula is C15H16N2. The zero-order chi connectivity index (χ0) is 12.1. The summed E-state index contributed by atoms with van der Waals surface area (Å²) in [5.74, 6) is 0. The lowest BCUT2D eigenvalue weighted by atomic mass is 10.3. The Balaban J connectivity index is 2.69. The van der Waals surface area contributed by atoms with Crippen LogP contribution in [0.3, 0.4) is 0 Å². The Kier molecular flexibility index (Phi) is 3.46. The van der Waals surface area contributed by atoms with E-state index in [0.29, 0.717) is 0 Å². The molecule has 0 spiro atoms. The number of benzene rings is 1. The first-order chi connectivity index (χ1) is 8.36. The van der Waals surface area contributed by atoms with E-state index in [1.807, 2.05) is 43.6 Å². The normalized spacial score (nSPS) is 12.8. The molecule has 0 bridgehead atoms. The number of aromatic nitrogens is 1. The zero-order valence-electron chi connectivity index (χ0n) is 9.93. The summed E-state index contributed by atoms with van der Waals surface area (Å²) >= 11 is 0. The number of rotatable bonds is 3. The Morgan fingerprint density at radius 2 is 1.94 bits per heavy atom. The van der Waals surface area contributed by atoms with Crippen LogP contribution in [0, 0.1) is 0 Å². The fourth-order valence-corrected chi connectivity index (χ4v) is 1.84. The summed E-state index contributed by atoms with van der Waals surface area (Å²) in [5, 5.41) is 5.33. The van der Waals surface area contributed by atoms with Crippen molar-refractivity contribution >= 4 is 12.3 Å². The Morgan fingerprint density at radius 1 is 1.18 bits per heavy atom. The van der Waals surface area contributed by atoms with Crippen LogP contribution in [-0.4, -0.2) is 11.6 Å². The summed E-state index contributed by atoms with van der Waals surface area (Å²) in [6.07, 6.45) is 7.86. The van der Waals surface area contributed by atoms with Crippen LogP contribution in [0.15, 0.2) is 55.3 Å². The average Bonchev–Trinajstić information content (AvgIpc) is 2.75. The molecular weight excluding hydrogens is 208 g/mol. The predicted molar refractivity (Wildman–Crippen MR) is 73.2 cm³/mol. The summed E-state index contributed by atoms with van der Waals surface area (Å²) in [4.78, 5) is 0. The number of nitrogens with zero attached hydrogens (tertiary/aromatic N) is 1. The molecule has 86 valence electrons. The van der Waals surface area contributed by atoms with Gasteiger partial charge in [-0.3, -0.25) is 0 Å². The molecule has 0 atom stereocenters. The van der Waals surface area contributed by atoms with E-state index >= 15 is 0 Å². The summed E-state index contributed by atoms with van der Waals surface area (Å²) in [6, 6.07) is 12.3. The van der Waals surface area contributed by atoms with Gasteiger partial charge in [0, 0.05) is 30.4 Å². The van der Waals surface area contributed by atoms with Gasteiger partial charge in [-0.1, -0.05) is 30.9 Å². The predicted octanol–water partition coefficient (Wildman–Crippen LogP) is 1.40. The van der Waals surface area contributed by atoms with Crippen LogP contribution < -0.4 is 15.9 Å². The van der Waals surface area contributed by atoms with Crippen LogP contribution in [0.5, 0.6) is 0 Å². The molecule has 1 aromatic carbocycles. The van der Waals surface area contributed by atoms with Crippen LogP contribution in [0.25, 0.3) is 18.0 Å². The minimum absolute atomic E-state index is 1.13. The Morgan fingerprint density at radius 3 is 2.59 bits per heavy atom. The van der Waals surface area contributed by atoms with Gasteiger partial charge in [0.15, 0.2) is 0 Å². The van der Waals surface area contributed by atoms with Crippen molar-refractivity contribution in [2.45, 2.75) is 0 Å². The molecule has 0 saturated heterocycles. The third-order valence-corrected chi connectivity index (χ3v) is 2.57. The lowest BCUT2D eigenvalue weighted by Gasteiger charge is -2.02. The topological polar surface area (TPSA) is 17.0 Å². The molecule has 0 fully saturated rings. The summed E-state index contributed by atoms with van der Waals surface area (Å²) < 4.78 is 2.14. The van der Waals surface area contributed by atoms with E-state index in [0.717, 1.165) is 16.3 Å². The number of allylic oxidation sites excluding steroid dienone is 1. The van der Waals surface area contributed by atoms with Gasteiger partial charge < -0.3 is 9.88 Å². The molecule has 0 aliphatic rings. The first-order valence-electron chi connectivity index (χ1n) is 5.60. The van der Waals surface area contributed by atoms with Crippen molar-refractivity contribution in [1.82, 2.24) is 9.88 Å². The van der Waals surface area contributed by atoms with Gasteiger partial charge in [-0.25, -0.2) is 0 Å². The molecule has 2 heteroatoms. The maximum absolute atomic E-state index is 3.77. The van der Waals surface area contributed by atoms with E-state index < -0.39 is 0 Å². The Bertz CT molecular complexity index is 606. The standard InChI is InChI=1S/C15H16N2/c1-3-7-15-13(12-16-2)10-11-17(15)14-8-5-4-6-9-14/h3-12,16H,1H2,2H3/b13-12-,15-7+. The molecule has 1 aromatic heterocycles. The molecule has 0 aliphatic carbocycles. The molecule has 1 N–H and O–H groups in total. The van der Waals surface area contributed by atoms with Gasteiger partial charge in [0.1, 0.15) is 0 Å². The highest BCUT2D eigenvalue weighted by Gasteiger charge is 1.97. The number of para-hydroxylation sites is 1. The van der Waals surface area contributed by atoms with Crippen LogP contribution >= 0.6 is 0 Å². The lowest BCUT2D eigenvalue weighted by Crippen LogP contribution is -2.29. The molecule has 0 amide bonds. The average molecular weight is 224 g/mol. The second kappa shape index (κ2) is 5.21. The van der Waals surface area contributed by atoms with Crippen molar-refractivity contribution in [2.75, 3.05) is 7.05 Å². The number of hydrogen-bond donors (Lipinski definition) is 1. The first-order valence-corrected chi connectivity index (χ1v) is 5.60. The highest BCUT2D eigenvalue weighted by molar-refractivity contribution is 5.41. The van der Waals surface area contributed by atoms with Gasteiger partial charge >= 0.3 is 0 Å². The van der Waals surface area contributed by atoms with Crippen molar-refractivity contribution in [3.63, 3.8) is 0 Å². The molecule has 0 unspecified atom stereocenters. The highest BCUT2D eigenvalue weighted by Crippen LogP contribution is 2.02. The smallest absolute Gasteiger partial charge is 0.0542 e. The van der Waals surface area contributed by atoms with E-state index in [1.165, 1.54) is 0 Å². The molecule has 2 rings (SSSR count). The third kappa shape index (κ3) is 2.31. The van der Waals surface area contributed by atoms with Crippen LogP contribution in [0.1, 0.15) is 0 Å². The minimum atomic E-state index is 1.13. The maximum atomic E-state index is 3.77. The van der Waals surface area contributed by atoms with Crippen LogP contribution in [-0.2, 0) is 0 Å². The van der Waals surface area contributed by atoms with E-state index in [1.54, 1.807) is 0 Å². The van der Waals surface area contributed by atoms with E-state index in [9.17, 15) is 0 Å². The van der Waals surface area contributed by atoms with Gasteiger partial charge in [0.05, 0.1) is 5.35 Å². The fourth-order valence-electron chi connectivity index (χ4n) is 1.84. The Labute approximate surface area is 101 Å². The quantitative estimate of drug-likeness (QED) is 0.834. The van der Waals surface area contributed by atoms with Gasteiger partial charge in [-0.15, -0.1) is 0 Å². The third-order valence-electron chi connectivity index (χ3n) is 2.57. The number of nitrogens with one attached hydrogen (secondary N) is 1. The summed E-state index contributed by atoms with van der Waals surface area (Å²) in [7, 11) is 1.90. The van der Waals surface area contributed by atoms with Gasteiger partial charge in [-0.2, -0.15) is 0 Å². The van der Waals surface area contributed by atoms with E-state index in [-0.39, 0.29) is 0 Å². The van der Waals surface area contributed by atoms with Crippen molar-refractivity contribution in [3.8, 4) is 5.69 Å². The molecule has 17 heavy (non-hydrogen) atoms. The maximum Gasteiger partial charge on any atom is 0.0542 e. The molecule has 0 radical (unpaired) electrons. The second-order valence-corrected chi connectivity index (χ2v) is 3.70. The van der Waals surface area contributed by atoms with E-state index in [2.05, 4.69) is 40.9 Å². The van der Waals surface area contributed by atoms with Crippen LogP contribution in [0.2, 0.25) is 0 Å². The first kappa shape index (κ1) is 11.3. The molecule has 2 nitrogen and oxygen atoms in total. The second-order valence-electron chi connectivity index (χ2n) is 3.70. The molecule has 0 aliphatic heterocycles. The zero-order valence-corrected chi connectivity index (χ0v) is 9.93. The summed E-state index contributed by atoms with van der Waals surface area (Å²) in [5.41, 5.74) is 1.15. The number of hydrogen-bond acceptors (Lipinski definition) is 1. The van der Waals surface area contributed by atoms with E-state index in [4.69, 9.17) is 0 Å². The van der Waals surface area contributed by atoms with Crippen molar-refractivity contribution < 1.29 is 0 Å². The van der Waals surface area contributed by atoms with Gasteiger partial charge in [-0.05, 0) is 24.3 Å². The summed E-state index contributed by atoms with van der Waals surface area (Å²) in [6.45, 7) is 3.77.